The third-order valence-corrected chi connectivity index (χ3v) is 4.65. The predicted octanol–water partition coefficient (Wildman–Crippen LogP) is 1.96. The maximum atomic E-state index is 12.3. The number of aromatic nitrogens is 2. The molecule has 25 heavy (non-hydrogen) atoms. The van der Waals surface area contributed by atoms with Crippen molar-refractivity contribution in [3.63, 3.8) is 0 Å². The number of nitrogens with zero attached hydrogens (tertiary/aromatic N) is 2. The molecule has 0 aromatic carbocycles. The summed E-state index contributed by atoms with van der Waals surface area (Å²) in [7, 11) is 0. The van der Waals surface area contributed by atoms with Gasteiger partial charge in [0.2, 0.25) is 0 Å². The maximum Gasteiger partial charge on any atom is 0.351 e. The molecule has 1 fully saturated rings. The van der Waals surface area contributed by atoms with Gasteiger partial charge in [-0.15, -0.1) is 0 Å². The maximum absolute atomic E-state index is 12.3. The van der Waals surface area contributed by atoms with Gasteiger partial charge in [-0.1, -0.05) is 39.0 Å². The van der Waals surface area contributed by atoms with Gasteiger partial charge in [-0.05, 0) is 13.3 Å². The Kier molecular flexibility index (Phi) is 7.87. The Hall–Kier alpha value is -1.44. The number of nitrogens with one attached hydrogen (secondary N) is 1. The monoisotopic (exact) mass is 353 g/mol. The molecule has 0 amide bonds. The molecule has 0 bridgehead atoms. The van der Waals surface area contributed by atoms with Crippen LogP contribution in [0.3, 0.4) is 0 Å². The number of aliphatic hydroxyl groups excluding tert-OH is 2. The summed E-state index contributed by atoms with van der Waals surface area (Å²) in [6.07, 6.45) is 7.28. The van der Waals surface area contributed by atoms with Gasteiger partial charge < -0.3 is 20.3 Å². The summed E-state index contributed by atoms with van der Waals surface area (Å²) >= 11 is 0. The fourth-order valence-corrected chi connectivity index (χ4v) is 3.11. The highest BCUT2D eigenvalue weighted by Gasteiger charge is 2.35. The van der Waals surface area contributed by atoms with Crippen molar-refractivity contribution in [3.05, 3.63) is 22.2 Å². The second-order valence-corrected chi connectivity index (χ2v) is 6.77. The molecule has 1 aromatic heterocycles. The fraction of sp³-hybridized carbons (Fsp3) is 0.778. The van der Waals surface area contributed by atoms with Gasteiger partial charge in [-0.25, -0.2) is 4.79 Å². The van der Waals surface area contributed by atoms with Crippen LogP contribution in [0.15, 0.2) is 11.0 Å². The van der Waals surface area contributed by atoms with E-state index in [1.807, 2.05) is 6.92 Å². The number of aliphatic hydroxyl groups is 2. The zero-order valence-corrected chi connectivity index (χ0v) is 15.3. The second-order valence-electron chi connectivity index (χ2n) is 6.77. The topological polar surface area (TPSA) is 96.6 Å². The third kappa shape index (κ3) is 5.52. The SMILES string of the molecule is CCCCCCCCNc1nc(=O)n([C@H]2C[C@H](O)[C@@H](CO)O2)cc1C. The van der Waals surface area contributed by atoms with Crippen molar-refractivity contribution in [1.82, 2.24) is 9.55 Å². The van der Waals surface area contributed by atoms with Crippen molar-refractivity contribution >= 4 is 5.82 Å². The molecule has 1 aliphatic rings. The molecule has 1 aliphatic heterocycles. The van der Waals surface area contributed by atoms with E-state index in [0.717, 1.165) is 18.5 Å². The van der Waals surface area contributed by atoms with Crippen LogP contribution in [0.5, 0.6) is 0 Å². The van der Waals surface area contributed by atoms with Crippen molar-refractivity contribution in [2.75, 3.05) is 18.5 Å². The molecular weight excluding hydrogens is 322 g/mol. The van der Waals surface area contributed by atoms with Crippen LogP contribution in [0, 0.1) is 6.92 Å². The lowest BCUT2D eigenvalue weighted by Gasteiger charge is -2.16. The summed E-state index contributed by atoms with van der Waals surface area (Å²) in [6.45, 7) is 4.63. The molecule has 2 heterocycles. The standard InChI is InChI=1S/C18H31N3O4/c1-3-4-5-6-7-8-9-19-17-13(2)11-21(18(24)20-17)16-10-14(23)15(12-22)25-16/h11,14-16,22-23H,3-10,12H2,1-2H3,(H,19,20,24)/t14-,15+,16+/m0/s1. The van der Waals surface area contributed by atoms with Crippen molar-refractivity contribution in [2.24, 2.45) is 0 Å². The molecule has 0 spiro atoms. The fourth-order valence-electron chi connectivity index (χ4n) is 3.11. The first-order valence-electron chi connectivity index (χ1n) is 9.34. The van der Waals surface area contributed by atoms with E-state index in [9.17, 15) is 9.90 Å². The van der Waals surface area contributed by atoms with Crippen LogP contribution >= 0.6 is 0 Å². The minimum Gasteiger partial charge on any atom is -0.394 e. The van der Waals surface area contributed by atoms with E-state index >= 15 is 0 Å². The molecule has 0 radical (unpaired) electrons. The third-order valence-electron chi connectivity index (χ3n) is 4.65. The van der Waals surface area contributed by atoms with Crippen LogP contribution in [0.2, 0.25) is 0 Å². The summed E-state index contributed by atoms with van der Waals surface area (Å²) in [5.41, 5.74) is 0.447. The summed E-state index contributed by atoms with van der Waals surface area (Å²) in [6, 6.07) is 0. The van der Waals surface area contributed by atoms with E-state index in [2.05, 4.69) is 17.2 Å². The number of rotatable bonds is 10. The van der Waals surface area contributed by atoms with Crippen LogP contribution in [0.1, 0.15) is 63.7 Å². The van der Waals surface area contributed by atoms with E-state index in [1.54, 1.807) is 6.20 Å². The van der Waals surface area contributed by atoms with Crippen LogP contribution < -0.4 is 11.0 Å². The van der Waals surface area contributed by atoms with E-state index in [-0.39, 0.29) is 13.0 Å². The number of hydrogen-bond acceptors (Lipinski definition) is 6. The van der Waals surface area contributed by atoms with E-state index in [0.29, 0.717) is 5.82 Å². The van der Waals surface area contributed by atoms with E-state index in [1.165, 1.54) is 36.7 Å². The summed E-state index contributed by atoms with van der Waals surface area (Å²) in [5, 5.41) is 22.2. The van der Waals surface area contributed by atoms with Crippen LogP contribution in [0.25, 0.3) is 0 Å². The second kappa shape index (κ2) is 9.89. The lowest BCUT2D eigenvalue weighted by Crippen LogP contribution is -2.29. The average Bonchev–Trinajstić information content (AvgIpc) is 2.97. The first kappa shape index (κ1) is 19.9. The highest BCUT2D eigenvalue weighted by molar-refractivity contribution is 5.41. The molecule has 3 N–H and O–H groups in total. The Morgan fingerprint density at radius 3 is 2.72 bits per heavy atom. The number of aryl methyl sites for hydroxylation is 1. The highest BCUT2D eigenvalue weighted by Crippen LogP contribution is 2.27. The van der Waals surface area contributed by atoms with Gasteiger partial charge in [0.25, 0.3) is 0 Å². The Morgan fingerprint density at radius 2 is 2.04 bits per heavy atom. The van der Waals surface area contributed by atoms with Gasteiger partial charge in [0.05, 0.1) is 12.7 Å². The van der Waals surface area contributed by atoms with Gasteiger partial charge in [0.1, 0.15) is 18.1 Å². The number of hydrogen-bond donors (Lipinski definition) is 3. The quantitative estimate of drug-likeness (QED) is 0.557. The molecule has 1 aromatic rings. The highest BCUT2D eigenvalue weighted by atomic mass is 16.5. The molecule has 0 unspecified atom stereocenters. The summed E-state index contributed by atoms with van der Waals surface area (Å²) < 4.78 is 6.93. The van der Waals surface area contributed by atoms with Crippen molar-refractivity contribution in [1.29, 1.82) is 0 Å². The van der Waals surface area contributed by atoms with Gasteiger partial charge in [-0.3, -0.25) is 4.57 Å². The summed E-state index contributed by atoms with van der Waals surface area (Å²) in [4.78, 5) is 16.4. The zero-order chi connectivity index (χ0) is 18.2. The predicted molar refractivity (Wildman–Crippen MR) is 96.7 cm³/mol. The number of anilines is 1. The first-order chi connectivity index (χ1) is 12.1. The van der Waals surface area contributed by atoms with Crippen LogP contribution in [-0.4, -0.2) is 45.1 Å². The Bertz CT molecular complexity index is 590. The van der Waals surface area contributed by atoms with Gasteiger partial charge in [0.15, 0.2) is 0 Å². The molecule has 2 rings (SSSR count). The van der Waals surface area contributed by atoms with E-state index < -0.39 is 24.1 Å². The number of ether oxygens (including phenoxy) is 1. The molecule has 142 valence electrons. The smallest absolute Gasteiger partial charge is 0.351 e. The molecule has 7 heteroatoms. The minimum absolute atomic E-state index is 0.267. The van der Waals surface area contributed by atoms with Crippen molar-refractivity contribution in [3.8, 4) is 0 Å². The lowest BCUT2D eigenvalue weighted by atomic mass is 10.1. The summed E-state index contributed by atoms with van der Waals surface area (Å²) in [5.74, 6) is 0.604. The Labute approximate surface area is 149 Å². The largest absolute Gasteiger partial charge is 0.394 e. The molecular formula is C18H31N3O4. The Balaban J connectivity index is 1.88. The van der Waals surface area contributed by atoms with Crippen molar-refractivity contribution in [2.45, 2.75) is 77.2 Å². The van der Waals surface area contributed by atoms with Gasteiger partial charge >= 0.3 is 5.69 Å². The number of unbranched alkanes of at least 4 members (excludes halogenated alkanes) is 5. The minimum atomic E-state index is -0.771. The molecule has 1 saturated heterocycles. The zero-order valence-electron chi connectivity index (χ0n) is 15.3. The molecule has 0 saturated carbocycles. The molecule has 7 nitrogen and oxygen atoms in total. The first-order valence-corrected chi connectivity index (χ1v) is 9.34. The lowest BCUT2D eigenvalue weighted by molar-refractivity contribution is -0.0459. The van der Waals surface area contributed by atoms with Gasteiger partial charge in [0, 0.05) is 24.7 Å². The Morgan fingerprint density at radius 1 is 1.32 bits per heavy atom. The van der Waals surface area contributed by atoms with Gasteiger partial charge in [-0.2, -0.15) is 4.98 Å². The molecule has 0 aliphatic carbocycles. The van der Waals surface area contributed by atoms with Crippen molar-refractivity contribution < 1.29 is 14.9 Å². The van der Waals surface area contributed by atoms with Crippen LogP contribution in [-0.2, 0) is 4.74 Å². The normalized spacial score (nSPS) is 23.1. The van der Waals surface area contributed by atoms with Crippen LogP contribution in [0.4, 0.5) is 5.82 Å². The van der Waals surface area contributed by atoms with E-state index in [4.69, 9.17) is 9.84 Å². The average molecular weight is 353 g/mol. The molecule has 3 atom stereocenters.